The van der Waals surface area contributed by atoms with E-state index in [1.54, 1.807) is 0 Å². The summed E-state index contributed by atoms with van der Waals surface area (Å²) in [7, 11) is 0. The number of H-pyrrole nitrogens is 1. The summed E-state index contributed by atoms with van der Waals surface area (Å²) in [6, 6.07) is 0. The fourth-order valence-corrected chi connectivity index (χ4v) is 1.67. The van der Waals surface area contributed by atoms with Crippen molar-refractivity contribution in [3.8, 4) is 0 Å². The summed E-state index contributed by atoms with van der Waals surface area (Å²) in [6.45, 7) is 0. The average molecular weight is 316 g/mol. The van der Waals surface area contributed by atoms with E-state index in [2.05, 4.69) is 0 Å². The molecule has 5 nitrogen and oxygen atoms in total. The van der Waals surface area contributed by atoms with E-state index in [9.17, 15) is 23.7 Å². The predicted molar refractivity (Wildman–Crippen MR) is 51.4 cm³/mol. The Morgan fingerprint density at radius 3 is 2.57 bits per heavy atom. The van der Waals surface area contributed by atoms with E-state index >= 15 is 0 Å². The standard InChI is InChI=1S/C6H3F2IN2O3/c7-5(8)2-1-10-6(12)4(3(2)9)11(13)14/h1,5H,(H,10,12). The molecule has 1 N–H and O–H groups in total. The lowest BCUT2D eigenvalue weighted by Crippen LogP contribution is -2.14. The summed E-state index contributed by atoms with van der Waals surface area (Å²) in [5.74, 6) is 0. The van der Waals surface area contributed by atoms with E-state index < -0.39 is 28.2 Å². The van der Waals surface area contributed by atoms with E-state index in [1.165, 1.54) is 22.6 Å². The molecule has 0 radical (unpaired) electrons. The maximum absolute atomic E-state index is 12.3. The zero-order valence-electron chi connectivity index (χ0n) is 6.46. The highest BCUT2D eigenvalue weighted by molar-refractivity contribution is 14.1. The highest BCUT2D eigenvalue weighted by Crippen LogP contribution is 2.27. The van der Waals surface area contributed by atoms with E-state index in [0.29, 0.717) is 0 Å². The van der Waals surface area contributed by atoms with Crippen LogP contribution in [0.1, 0.15) is 12.0 Å². The minimum Gasteiger partial charge on any atom is -0.323 e. The quantitative estimate of drug-likeness (QED) is 0.514. The van der Waals surface area contributed by atoms with Crippen LogP contribution in [0.4, 0.5) is 14.5 Å². The fraction of sp³-hybridized carbons (Fsp3) is 0.167. The van der Waals surface area contributed by atoms with Gasteiger partial charge < -0.3 is 4.98 Å². The van der Waals surface area contributed by atoms with Crippen molar-refractivity contribution in [2.24, 2.45) is 0 Å². The van der Waals surface area contributed by atoms with Crippen LogP contribution in [0.5, 0.6) is 0 Å². The second-order valence-electron chi connectivity index (χ2n) is 2.29. The molecule has 0 saturated carbocycles. The molecule has 1 heterocycles. The Morgan fingerprint density at radius 2 is 2.14 bits per heavy atom. The maximum Gasteiger partial charge on any atom is 0.347 e. The Morgan fingerprint density at radius 1 is 1.57 bits per heavy atom. The van der Waals surface area contributed by atoms with Crippen LogP contribution in [-0.4, -0.2) is 9.91 Å². The molecule has 14 heavy (non-hydrogen) atoms. The number of nitro groups is 1. The van der Waals surface area contributed by atoms with Crippen LogP contribution in [0, 0.1) is 13.7 Å². The Kier molecular flexibility index (Phi) is 3.13. The van der Waals surface area contributed by atoms with Crippen LogP contribution in [0.2, 0.25) is 0 Å². The van der Waals surface area contributed by atoms with Gasteiger partial charge in [-0.25, -0.2) is 8.78 Å². The largest absolute Gasteiger partial charge is 0.347 e. The molecular weight excluding hydrogens is 313 g/mol. The predicted octanol–water partition coefficient (Wildman–Crippen LogP) is 1.83. The minimum absolute atomic E-state index is 0.327. The van der Waals surface area contributed by atoms with Crippen molar-refractivity contribution >= 4 is 28.3 Å². The van der Waals surface area contributed by atoms with Crippen LogP contribution in [0.15, 0.2) is 11.0 Å². The van der Waals surface area contributed by atoms with Crippen molar-refractivity contribution in [1.82, 2.24) is 4.98 Å². The van der Waals surface area contributed by atoms with E-state index in [4.69, 9.17) is 0 Å². The SMILES string of the molecule is O=c1[nH]cc(C(F)F)c(I)c1[N+](=O)[O-]. The van der Waals surface area contributed by atoms with Gasteiger partial charge in [-0.3, -0.25) is 14.9 Å². The number of halogens is 3. The second-order valence-corrected chi connectivity index (χ2v) is 3.37. The fourth-order valence-electron chi connectivity index (χ4n) is 0.833. The van der Waals surface area contributed by atoms with Crippen molar-refractivity contribution in [3.63, 3.8) is 0 Å². The highest BCUT2D eigenvalue weighted by atomic mass is 127. The molecule has 0 spiro atoms. The first-order chi connectivity index (χ1) is 6.45. The van der Waals surface area contributed by atoms with Crippen LogP contribution in [0.25, 0.3) is 0 Å². The van der Waals surface area contributed by atoms with Gasteiger partial charge in [0.05, 0.1) is 10.5 Å². The van der Waals surface area contributed by atoms with Gasteiger partial charge in [0.15, 0.2) is 0 Å². The van der Waals surface area contributed by atoms with Crippen molar-refractivity contribution in [3.05, 3.63) is 35.8 Å². The Balaban J connectivity index is 3.49. The van der Waals surface area contributed by atoms with Gasteiger partial charge in [0, 0.05) is 6.20 Å². The molecule has 0 atom stereocenters. The van der Waals surface area contributed by atoms with Gasteiger partial charge in [-0.2, -0.15) is 0 Å². The molecule has 0 aliphatic heterocycles. The molecule has 0 saturated heterocycles. The van der Waals surface area contributed by atoms with Crippen molar-refractivity contribution in [2.75, 3.05) is 0 Å². The first kappa shape index (κ1) is 11.0. The second kappa shape index (κ2) is 3.98. The number of pyridine rings is 1. The molecular formula is C6H3F2IN2O3. The lowest BCUT2D eigenvalue weighted by molar-refractivity contribution is -0.387. The molecule has 0 bridgehead atoms. The van der Waals surface area contributed by atoms with Crippen LogP contribution in [-0.2, 0) is 0 Å². The summed E-state index contributed by atoms with van der Waals surface area (Å²) in [6.07, 6.45) is -2.07. The third-order valence-electron chi connectivity index (χ3n) is 1.45. The van der Waals surface area contributed by atoms with Gasteiger partial charge in [-0.1, -0.05) is 0 Å². The summed E-state index contributed by atoms with van der Waals surface area (Å²) in [4.78, 5) is 22.2. The molecule has 0 fully saturated rings. The summed E-state index contributed by atoms with van der Waals surface area (Å²) in [5, 5.41) is 10.4. The summed E-state index contributed by atoms with van der Waals surface area (Å²) < 4.78 is 24.2. The smallest absolute Gasteiger partial charge is 0.323 e. The van der Waals surface area contributed by atoms with Crippen LogP contribution in [0.3, 0.4) is 0 Å². The number of hydrogen-bond donors (Lipinski definition) is 1. The molecule has 8 heteroatoms. The maximum atomic E-state index is 12.3. The summed E-state index contributed by atoms with van der Waals surface area (Å²) in [5.41, 5.74) is -2.37. The lowest BCUT2D eigenvalue weighted by atomic mass is 10.3. The minimum atomic E-state index is -2.85. The van der Waals surface area contributed by atoms with Gasteiger partial charge in [0.25, 0.3) is 6.43 Å². The molecule has 1 rings (SSSR count). The topological polar surface area (TPSA) is 76.0 Å². The molecule has 1 aromatic rings. The zero-order valence-corrected chi connectivity index (χ0v) is 8.62. The number of rotatable bonds is 2. The lowest BCUT2D eigenvalue weighted by Gasteiger charge is -2.01. The first-order valence-electron chi connectivity index (χ1n) is 3.28. The number of aromatic amines is 1. The van der Waals surface area contributed by atoms with Crippen molar-refractivity contribution in [1.29, 1.82) is 0 Å². The van der Waals surface area contributed by atoms with E-state index in [-0.39, 0.29) is 3.57 Å². The zero-order chi connectivity index (χ0) is 10.9. The molecule has 76 valence electrons. The number of aromatic nitrogens is 1. The van der Waals surface area contributed by atoms with Gasteiger partial charge in [-0.05, 0) is 22.6 Å². The van der Waals surface area contributed by atoms with E-state index in [0.717, 1.165) is 6.20 Å². The Bertz CT molecular complexity index is 432. The average Bonchev–Trinajstić information content (AvgIpc) is 2.02. The van der Waals surface area contributed by atoms with Crippen LogP contribution >= 0.6 is 22.6 Å². The van der Waals surface area contributed by atoms with E-state index in [1.807, 2.05) is 4.98 Å². The molecule has 0 unspecified atom stereocenters. The van der Waals surface area contributed by atoms with Crippen molar-refractivity contribution in [2.45, 2.75) is 6.43 Å². The summed E-state index contributed by atoms with van der Waals surface area (Å²) >= 11 is 1.36. The van der Waals surface area contributed by atoms with Crippen molar-refractivity contribution < 1.29 is 13.7 Å². The van der Waals surface area contributed by atoms with Crippen LogP contribution < -0.4 is 5.56 Å². The molecule has 0 amide bonds. The van der Waals surface area contributed by atoms with Gasteiger partial charge in [0.2, 0.25) is 0 Å². The highest BCUT2D eigenvalue weighted by Gasteiger charge is 2.24. The van der Waals surface area contributed by atoms with Gasteiger partial charge >= 0.3 is 11.2 Å². The Labute approximate surface area is 89.4 Å². The normalized spacial score (nSPS) is 10.6. The molecule has 0 aliphatic rings. The number of hydrogen-bond acceptors (Lipinski definition) is 3. The molecule has 1 aromatic heterocycles. The first-order valence-corrected chi connectivity index (χ1v) is 4.36. The van der Waals surface area contributed by atoms with Gasteiger partial charge in [-0.15, -0.1) is 0 Å². The Hall–Kier alpha value is -1.06. The monoisotopic (exact) mass is 316 g/mol. The molecule has 0 aromatic carbocycles. The third-order valence-corrected chi connectivity index (χ3v) is 2.59. The molecule has 0 aliphatic carbocycles. The van der Waals surface area contributed by atoms with Gasteiger partial charge in [0.1, 0.15) is 3.57 Å². The number of alkyl halides is 2. The number of nitrogens with zero attached hydrogens (tertiary/aromatic N) is 1. The third kappa shape index (κ3) is 1.89. The number of nitrogens with one attached hydrogen (secondary N) is 1.